The van der Waals surface area contributed by atoms with Crippen LogP contribution >= 0.6 is 0 Å². The highest BCUT2D eigenvalue weighted by Crippen LogP contribution is 1.86. The number of hydrogen-bond acceptors (Lipinski definition) is 1. The third-order valence-corrected chi connectivity index (χ3v) is 1.03. The average molecular weight is 193 g/mol. The summed E-state index contributed by atoms with van der Waals surface area (Å²) in [6, 6.07) is 0. The molecule has 12 heavy (non-hydrogen) atoms. The second-order valence-electron chi connectivity index (χ2n) is 2.13. The van der Waals surface area contributed by atoms with E-state index in [-0.39, 0.29) is 24.3 Å². The van der Waals surface area contributed by atoms with E-state index >= 15 is 0 Å². The van der Waals surface area contributed by atoms with Gasteiger partial charge in [0.05, 0.1) is 0 Å². The molecule has 0 aromatic rings. The maximum Gasteiger partial charge on any atom is 0.218 e. The average Bonchev–Trinajstić information content (AvgIpc) is 1.86. The van der Waals surface area contributed by atoms with E-state index in [4.69, 9.17) is 17.2 Å². The lowest BCUT2D eigenvalue weighted by Gasteiger charge is -1.93. The predicted molar refractivity (Wildman–Crippen MR) is 47.2 cm³/mol. The van der Waals surface area contributed by atoms with Crippen molar-refractivity contribution in [1.82, 2.24) is 0 Å². The van der Waals surface area contributed by atoms with Crippen LogP contribution in [0.25, 0.3) is 0 Å². The Morgan fingerprint density at radius 2 is 1.83 bits per heavy atom. The molecular weight excluding hydrogens is 178 g/mol. The molecule has 0 unspecified atom stereocenters. The third kappa shape index (κ3) is 9.03. The minimum atomic E-state index is -0.0530. The molecule has 0 saturated carbocycles. The molecule has 0 heterocycles. The Morgan fingerprint density at radius 3 is 2.25 bits per heavy atom. The van der Waals surface area contributed by atoms with Gasteiger partial charge in [-0.2, -0.15) is 4.99 Å². The molecule has 0 amide bonds. The maximum absolute atomic E-state index is 5.32. The van der Waals surface area contributed by atoms with Crippen LogP contribution in [0, 0.1) is 0 Å². The minimum Gasteiger partial charge on any atom is -1.00 e. The summed E-state index contributed by atoms with van der Waals surface area (Å²) in [5.41, 5.74) is 15.4. The van der Waals surface area contributed by atoms with Gasteiger partial charge in [0.25, 0.3) is 0 Å². The molecule has 5 nitrogen and oxygen atoms in total. The van der Waals surface area contributed by atoms with E-state index in [0.29, 0.717) is 6.54 Å². The predicted octanol–water partition coefficient (Wildman–Crippen LogP) is -3.62. The van der Waals surface area contributed by atoms with Gasteiger partial charge in [0.1, 0.15) is 0 Å². The fourth-order valence-corrected chi connectivity index (χ4v) is 0.519. The molecule has 0 bridgehead atoms. The summed E-state index contributed by atoms with van der Waals surface area (Å²) in [7, 11) is 0. The van der Waals surface area contributed by atoms with Crippen molar-refractivity contribution < 1.29 is 12.4 Å². The number of guanidine groups is 2. The summed E-state index contributed by atoms with van der Waals surface area (Å²) in [6.07, 6.45) is 2.08. The lowest BCUT2D eigenvalue weighted by molar-refractivity contribution is -0.00000301. The van der Waals surface area contributed by atoms with Crippen molar-refractivity contribution in [2.45, 2.75) is 19.8 Å². The molecule has 0 rings (SSSR count). The van der Waals surface area contributed by atoms with E-state index in [1.165, 1.54) is 0 Å². The van der Waals surface area contributed by atoms with Crippen molar-refractivity contribution in [2.75, 3.05) is 6.54 Å². The van der Waals surface area contributed by atoms with E-state index < -0.39 is 0 Å². The Balaban J connectivity index is 0. The van der Waals surface area contributed by atoms with Crippen LogP contribution in [-0.2, 0) is 0 Å². The fourth-order valence-electron chi connectivity index (χ4n) is 0.519. The first-order valence-electron chi connectivity index (χ1n) is 3.56. The van der Waals surface area contributed by atoms with Crippen LogP contribution in [0.3, 0.4) is 0 Å². The van der Waals surface area contributed by atoms with Crippen LogP contribution in [0.1, 0.15) is 19.8 Å². The van der Waals surface area contributed by atoms with Gasteiger partial charge in [0, 0.05) is 6.54 Å². The molecule has 0 saturated heterocycles. The minimum absolute atomic E-state index is 0. The lowest BCUT2D eigenvalue weighted by Crippen LogP contribution is -3.00. The Morgan fingerprint density at radius 1 is 1.25 bits per heavy atom. The number of hydrogen-bond donors (Lipinski definition) is 3. The molecule has 0 aliphatic heterocycles. The van der Waals surface area contributed by atoms with Crippen LogP contribution in [0.4, 0.5) is 0 Å². The molecule has 0 radical (unpaired) electrons. The van der Waals surface area contributed by atoms with Crippen LogP contribution in [0.15, 0.2) is 9.98 Å². The Labute approximate surface area is 78.5 Å². The number of halogens is 1. The first-order chi connectivity index (χ1) is 5.16. The summed E-state index contributed by atoms with van der Waals surface area (Å²) < 4.78 is 0. The van der Waals surface area contributed by atoms with Gasteiger partial charge in [0.15, 0.2) is 5.96 Å². The standard InChI is InChI=1S/C6H15N5.ClH/c1-2-3-4-10-6(9)11-5(7)8;/h2-4H2,1H3,(H6,7,8,9,10,11);1H/p-1. The first-order valence-corrected chi connectivity index (χ1v) is 3.56. The number of unbranched alkanes of at least 4 members (excludes halogenated alkanes) is 1. The largest absolute Gasteiger partial charge is 1.00 e. The lowest BCUT2D eigenvalue weighted by atomic mass is 10.3. The van der Waals surface area contributed by atoms with Crippen LogP contribution in [0.2, 0.25) is 0 Å². The number of rotatable bonds is 3. The van der Waals surface area contributed by atoms with Gasteiger partial charge in [-0.25, -0.2) is 0 Å². The van der Waals surface area contributed by atoms with Gasteiger partial charge in [-0.3, -0.25) is 4.99 Å². The quantitative estimate of drug-likeness (QED) is 0.244. The highest BCUT2D eigenvalue weighted by molar-refractivity contribution is 5.92. The highest BCUT2D eigenvalue weighted by atomic mass is 35.5. The summed E-state index contributed by atoms with van der Waals surface area (Å²) in [4.78, 5) is 7.45. The van der Waals surface area contributed by atoms with Crippen LogP contribution in [0.5, 0.6) is 0 Å². The SMILES string of the molecule is CCCCN=C(N)N=C(N)N.[Cl-]. The van der Waals surface area contributed by atoms with Gasteiger partial charge in [-0.05, 0) is 6.42 Å². The summed E-state index contributed by atoms with van der Waals surface area (Å²) in [5, 5.41) is 0. The molecular formula is C6H15ClN5-. The van der Waals surface area contributed by atoms with Gasteiger partial charge in [-0.1, -0.05) is 13.3 Å². The topological polar surface area (TPSA) is 103 Å². The van der Waals surface area contributed by atoms with E-state index in [0.717, 1.165) is 12.8 Å². The number of aliphatic imine (C=N–C) groups is 2. The molecule has 0 spiro atoms. The van der Waals surface area contributed by atoms with Crippen LogP contribution in [-0.4, -0.2) is 18.5 Å². The molecule has 6 N–H and O–H groups in total. The highest BCUT2D eigenvalue weighted by Gasteiger charge is 1.86. The van der Waals surface area contributed by atoms with Gasteiger partial charge < -0.3 is 29.6 Å². The van der Waals surface area contributed by atoms with E-state index in [9.17, 15) is 0 Å². The molecule has 6 heteroatoms. The molecule has 0 fully saturated rings. The monoisotopic (exact) mass is 192 g/mol. The fraction of sp³-hybridized carbons (Fsp3) is 0.667. The van der Waals surface area contributed by atoms with Crippen molar-refractivity contribution in [3.63, 3.8) is 0 Å². The summed E-state index contributed by atoms with van der Waals surface area (Å²) >= 11 is 0. The summed E-state index contributed by atoms with van der Waals surface area (Å²) in [5.74, 6) is 0.0983. The second kappa shape index (κ2) is 8.13. The Bertz CT molecular complexity index is 161. The van der Waals surface area contributed by atoms with Crippen molar-refractivity contribution in [3.05, 3.63) is 0 Å². The van der Waals surface area contributed by atoms with Gasteiger partial charge >= 0.3 is 0 Å². The zero-order chi connectivity index (χ0) is 8.69. The smallest absolute Gasteiger partial charge is 0.218 e. The van der Waals surface area contributed by atoms with E-state index in [1.54, 1.807) is 0 Å². The van der Waals surface area contributed by atoms with Gasteiger partial charge in [0.2, 0.25) is 5.96 Å². The zero-order valence-electron chi connectivity index (χ0n) is 7.13. The van der Waals surface area contributed by atoms with E-state index in [2.05, 4.69) is 16.9 Å². The van der Waals surface area contributed by atoms with Crippen molar-refractivity contribution in [2.24, 2.45) is 27.2 Å². The van der Waals surface area contributed by atoms with Crippen molar-refractivity contribution in [3.8, 4) is 0 Å². The Kier molecular flexibility index (Phi) is 9.22. The third-order valence-electron chi connectivity index (χ3n) is 1.03. The van der Waals surface area contributed by atoms with Crippen molar-refractivity contribution in [1.29, 1.82) is 0 Å². The normalized spacial score (nSPS) is 10.2. The molecule has 0 aromatic heterocycles. The van der Waals surface area contributed by atoms with Gasteiger partial charge in [-0.15, -0.1) is 0 Å². The van der Waals surface area contributed by atoms with Crippen LogP contribution < -0.4 is 29.6 Å². The molecule has 0 aliphatic carbocycles. The Hall–Kier alpha value is -0.970. The number of nitrogens with two attached hydrogens (primary N) is 3. The van der Waals surface area contributed by atoms with E-state index in [1.807, 2.05) is 0 Å². The molecule has 0 atom stereocenters. The molecule has 0 aromatic carbocycles. The first kappa shape index (κ1) is 13.6. The summed E-state index contributed by atoms with van der Waals surface area (Å²) in [6.45, 7) is 2.76. The molecule has 0 aliphatic rings. The second-order valence-corrected chi connectivity index (χ2v) is 2.13. The maximum atomic E-state index is 5.32. The molecule has 72 valence electrons. The van der Waals surface area contributed by atoms with Crippen molar-refractivity contribution >= 4 is 11.9 Å². The number of nitrogens with zero attached hydrogens (tertiary/aromatic N) is 2. The zero-order valence-corrected chi connectivity index (χ0v) is 7.88.